The molecule has 0 saturated heterocycles. The highest BCUT2D eigenvalue weighted by molar-refractivity contribution is 5.81. The lowest BCUT2D eigenvalue weighted by Gasteiger charge is -2.14. The van der Waals surface area contributed by atoms with Crippen LogP contribution >= 0.6 is 0 Å². The third kappa shape index (κ3) is 2.43. The molecule has 0 bridgehead atoms. The SMILES string of the molecule is CN(CCN)Cc1c[nH]nc1-c1cnc2[nH]ccc2c1. The Balaban J connectivity index is 1.91. The Kier molecular flexibility index (Phi) is 3.49. The summed E-state index contributed by atoms with van der Waals surface area (Å²) in [6, 6.07) is 4.11. The summed E-state index contributed by atoms with van der Waals surface area (Å²) < 4.78 is 0. The predicted molar refractivity (Wildman–Crippen MR) is 79.1 cm³/mol. The Morgan fingerprint density at radius 1 is 1.40 bits per heavy atom. The van der Waals surface area contributed by atoms with Gasteiger partial charge in [0.25, 0.3) is 0 Å². The van der Waals surface area contributed by atoms with Gasteiger partial charge in [-0.1, -0.05) is 0 Å². The molecule has 0 aromatic carbocycles. The summed E-state index contributed by atoms with van der Waals surface area (Å²) >= 11 is 0. The van der Waals surface area contributed by atoms with Crippen molar-refractivity contribution in [1.29, 1.82) is 0 Å². The van der Waals surface area contributed by atoms with Crippen LogP contribution in [0.25, 0.3) is 22.3 Å². The van der Waals surface area contributed by atoms with Crippen molar-refractivity contribution in [2.45, 2.75) is 6.54 Å². The van der Waals surface area contributed by atoms with E-state index in [0.717, 1.165) is 40.9 Å². The van der Waals surface area contributed by atoms with Crippen LogP contribution < -0.4 is 5.73 Å². The van der Waals surface area contributed by atoms with Gasteiger partial charge in [-0.3, -0.25) is 5.10 Å². The van der Waals surface area contributed by atoms with E-state index in [2.05, 4.69) is 38.2 Å². The first-order valence-corrected chi connectivity index (χ1v) is 6.62. The molecule has 4 N–H and O–H groups in total. The molecule has 0 radical (unpaired) electrons. The molecule has 3 aromatic heterocycles. The van der Waals surface area contributed by atoms with Gasteiger partial charge in [-0.25, -0.2) is 4.98 Å². The maximum atomic E-state index is 5.58. The standard InChI is InChI=1S/C14H18N6/c1-20(5-3-15)9-12-8-18-19-13(12)11-6-10-2-4-16-14(10)17-7-11/h2,4,6-8H,3,5,9,15H2,1H3,(H,16,17)(H,18,19). The van der Waals surface area contributed by atoms with Crippen molar-refractivity contribution in [1.82, 2.24) is 25.1 Å². The lowest BCUT2D eigenvalue weighted by atomic mass is 10.1. The molecule has 3 heterocycles. The number of pyridine rings is 1. The van der Waals surface area contributed by atoms with Crippen molar-refractivity contribution in [3.8, 4) is 11.3 Å². The maximum absolute atomic E-state index is 5.58. The normalized spacial score (nSPS) is 11.6. The second-order valence-corrected chi connectivity index (χ2v) is 4.93. The number of fused-ring (bicyclic) bond motifs is 1. The molecule has 0 amide bonds. The van der Waals surface area contributed by atoms with Gasteiger partial charge in [0.1, 0.15) is 5.65 Å². The van der Waals surface area contributed by atoms with E-state index in [4.69, 9.17) is 5.73 Å². The van der Waals surface area contributed by atoms with Gasteiger partial charge in [-0.15, -0.1) is 0 Å². The zero-order valence-corrected chi connectivity index (χ0v) is 11.4. The molecule has 104 valence electrons. The largest absolute Gasteiger partial charge is 0.346 e. The molecule has 0 aliphatic rings. The quantitative estimate of drug-likeness (QED) is 0.653. The van der Waals surface area contributed by atoms with E-state index < -0.39 is 0 Å². The first-order valence-electron chi connectivity index (χ1n) is 6.62. The number of likely N-dealkylation sites (N-methyl/N-ethyl adjacent to an activating group) is 1. The fourth-order valence-corrected chi connectivity index (χ4v) is 2.34. The van der Waals surface area contributed by atoms with E-state index in [1.54, 1.807) is 0 Å². The highest BCUT2D eigenvalue weighted by Crippen LogP contribution is 2.24. The number of aromatic nitrogens is 4. The molecular formula is C14H18N6. The number of nitrogens with two attached hydrogens (primary N) is 1. The van der Waals surface area contributed by atoms with Crippen molar-refractivity contribution in [3.05, 3.63) is 36.3 Å². The molecule has 0 saturated carbocycles. The molecule has 0 fully saturated rings. The molecule has 3 rings (SSSR count). The minimum Gasteiger partial charge on any atom is -0.346 e. The Labute approximate surface area is 117 Å². The Morgan fingerprint density at radius 3 is 3.15 bits per heavy atom. The summed E-state index contributed by atoms with van der Waals surface area (Å²) in [5.41, 5.74) is 9.60. The van der Waals surface area contributed by atoms with Crippen molar-refractivity contribution < 1.29 is 0 Å². The minimum atomic E-state index is 0.653. The zero-order valence-electron chi connectivity index (χ0n) is 11.4. The smallest absolute Gasteiger partial charge is 0.137 e. The number of hydrogen-bond acceptors (Lipinski definition) is 4. The second-order valence-electron chi connectivity index (χ2n) is 4.93. The molecule has 0 aliphatic heterocycles. The van der Waals surface area contributed by atoms with Crippen LogP contribution in [-0.4, -0.2) is 45.2 Å². The minimum absolute atomic E-state index is 0.653. The highest BCUT2D eigenvalue weighted by Gasteiger charge is 2.11. The summed E-state index contributed by atoms with van der Waals surface area (Å²) in [7, 11) is 2.05. The van der Waals surface area contributed by atoms with E-state index in [1.165, 1.54) is 0 Å². The lowest BCUT2D eigenvalue weighted by Crippen LogP contribution is -2.25. The molecule has 0 spiro atoms. The van der Waals surface area contributed by atoms with Crippen LogP contribution in [0, 0.1) is 0 Å². The van der Waals surface area contributed by atoms with Crippen LogP contribution in [0.5, 0.6) is 0 Å². The Hall–Kier alpha value is -2.18. The van der Waals surface area contributed by atoms with Gasteiger partial charge in [0.05, 0.1) is 5.69 Å². The third-order valence-corrected chi connectivity index (χ3v) is 3.34. The molecule has 6 nitrogen and oxygen atoms in total. The summed E-state index contributed by atoms with van der Waals surface area (Å²) in [6.07, 6.45) is 5.67. The average molecular weight is 270 g/mol. The van der Waals surface area contributed by atoms with E-state index in [0.29, 0.717) is 6.54 Å². The summed E-state index contributed by atoms with van der Waals surface area (Å²) in [5, 5.41) is 8.39. The van der Waals surface area contributed by atoms with Gasteiger partial charge in [0.2, 0.25) is 0 Å². The van der Waals surface area contributed by atoms with Crippen molar-refractivity contribution in [2.75, 3.05) is 20.1 Å². The zero-order chi connectivity index (χ0) is 13.9. The van der Waals surface area contributed by atoms with Crippen LogP contribution in [0.15, 0.2) is 30.7 Å². The van der Waals surface area contributed by atoms with Crippen LogP contribution in [0.1, 0.15) is 5.56 Å². The van der Waals surface area contributed by atoms with Crippen molar-refractivity contribution >= 4 is 11.0 Å². The van der Waals surface area contributed by atoms with Crippen LogP contribution in [0.4, 0.5) is 0 Å². The topological polar surface area (TPSA) is 86.6 Å². The van der Waals surface area contributed by atoms with Crippen LogP contribution in [-0.2, 0) is 6.54 Å². The molecule has 20 heavy (non-hydrogen) atoms. The predicted octanol–water partition coefficient (Wildman–Crippen LogP) is 1.34. The number of rotatable bonds is 5. The molecule has 6 heteroatoms. The number of nitrogens with one attached hydrogen (secondary N) is 2. The summed E-state index contributed by atoms with van der Waals surface area (Å²) in [6.45, 7) is 2.33. The molecule has 0 unspecified atom stereocenters. The number of hydrogen-bond donors (Lipinski definition) is 3. The van der Waals surface area contributed by atoms with Crippen molar-refractivity contribution in [2.24, 2.45) is 5.73 Å². The molecular weight excluding hydrogens is 252 g/mol. The maximum Gasteiger partial charge on any atom is 0.137 e. The highest BCUT2D eigenvalue weighted by atomic mass is 15.1. The van der Waals surface area contributed by atoms with Gasteiger partial charge in [0, 0.05) is 54.7 Å². The first kappa shape index (κ1) is 12.8. The van der Waals surface area contributed by atoms with Gasteiger partial charge in [-0.2, -0.15) is 5.10 Å². The van der Waals surface area contributed by atoms with Crippen LogP contribution in [0.2, 0.25) is 0 Å². The molecule has 3 aromatic rings. The van der Waals surface area contributed by atoms with E-state index >= 15 is 0 Å². The summed E-state index contributed by atoms with van der Waals surface area (Å²) in [5.74, 6) is 0. The number of nitrogens with zero attached hydrogens (tertiary/aromatic N) is 3. The Morgan fingerprint density at radius 2 is 2.30 bits per heavy atom. The molecule has 0 atom stereocenters. The van der Waals surface area contributed by atoms with E-state index in [1.807, 2.05) is 24.7 Å². The van der Waals surface area contributed by atoms with Gasteiger partial charge < -0.3 is 15.6 Å². The monoisotopic (exact) mass is 270 g/mol. The van der Waals surface area contributed by atoms with Crippen molar-refractivity contribution in [3.63, 3.8) is 0 Å². The second kappa shape index (κ2) is 5.44. The van der Waals surface area contributed by atoms with Gasteiger partial charge >= 0.3 is 0 Å². The van der Waals surface area contributed by atoms with Crippen LogP contribution in [0.3, 0.4) is 0 Å². The number of aromatic amines is 2. The average Bonchev–Trinajstić information content (AvgIpc) is 3.06. The first-order chi connectivity index (χ1) is 9.78. The van der Waals surface area contributed by atoms with E-state index in [9.17, 15) is 0 Å². The number of H-pyrrole nitrogens is 2. The van der Waals surface area contributed by atoms with Gasteiger partial charge in [-0.05, 0) is 19.2 Å². The fraction of sp³-hybridized carbons (Fsp3) is 0.286. The van der Waals surface area contributed by atoms with E-state index in [-0.39, 0.29) is 0 Å². The van der Waals surface area contributed by atoms with Gasteiger partial charge in [0.15, 0.2) is 0 Å². The lowest BCUT2D eigenvalue weighted by molar-refractivity contribution is 0.337. The molecule has 0 aliphatic carbocycles. The summed E-state index contributed by atoms with van der Waals surface area (Å²) in [4.78, 5) is 9.68. The Bertz CT molecular complexity index is 698. The third-order valence-electron chi connectivity index (χ3n) is 3.34. The fourth-order valence-electron chi connectivity index (χ4n) is 2.34.